The second-order valence-corrected chi connectivity index (χ2v) is 7.78. The number of hydrogen-bond acceptors (Lipinski definition) is 1. The van der Waals surface area contributed by atoms with E-state index in [1.54, 1.807) is 0 Å². The summed E-state index contributed by atoms with van der Waals surface area (Å²) in [5, 5.41) is 0.337. The molecule has 0 heterocycles. The van der Waals surface area contributed by atoms with Gasteiger partial charge < -0.3 is 0 Å². The van der Waals surface area contributed by atoms with Crippen molar-refractivity contribution in [1.82, 2.24) is 0 Å². The van der Waals surface area contributed by atoms with E-state index in [0.29, 0.717) is 10.7 Å². The van der Waals surface area contributed by atoms with Crippen LogP contribution < -0.4 is 0 Å². The minimum atomic E-state index is 0.231. The summed E-state index contributed by atoms with van der Waals surface area (Å²) in [4.78, 5) is 0. The summed E-state index contributed by atoms with van der Waals surface area (Å²) in [7, 11) is 0. The van der Waals surface area contributed by atoms with Crippen LogP contribution in [-0.4, -0.2) is 0 Å². The van der Waals surface area contributed by atoms with Crippen LogP contribution in [0.25, 0.3) is 0 Å². The maximum Gasteiger partial charge on any atom is 0.0272 e. The van der Waals surface area contributed by atoms with Gasteiger partial charge in [0.1, 0.15) is 0 Å². The highest BCUT2D eigenvalue weighted by Crippen LogP contribution is 2.34. The fourth-order valence-electron chi connectivity index (χ4n) is 1.90. The van der Waals surface area contributed by atoms with Crippen LogP contribution in [0.3, 0.4) is 0 Å². The minimum Gasteiger partial charge on any atom is -0.171 e. The molecule has 0 saturated carbocycles. The van der Waals surface area contributed by atoms with Crippen LogP contribution in [0.15, 0.2) is 24.3 Å². The topological polar surface area (TPSA) is 0 Å². The van der Waals surface area contributed by atoms with E-state index in [4.69, 9.17) is 12.6 Å². The first-order valence-electron chi connectivity index (χ1n) is 6.38. The van der Waals surface area contributed by atoms with E-state index in [1.165, 1.54) is 11.1 Å². The largest absolute Gasteiger partial charge is 0.171 e. The van der Waals surface area contributed by atoms with Crippen molar-refractivity contribution >= 4 is 12.6 Å². The zero-order chi connectivity index (χ0) is 13.3. The molecule has 1 aromatic rings. The lowest BCUT2D eigenvalue weighted by atomic mass is 9.85. The molecule has 0 aliphatic heterocycles. The predicted octanol–water partition coefficient (Wildman–Crippen LogP) is 5.39. The monoisotopic (exact) mass is 250 g/mol. The maximum atomic E-state index is 4.72. The molecule has 0 nitrogen and oxygen atoms in total. The summed E-state index contributed by atoms with van der Waals surface area (Å²) >= 11 is 4.72. The van der Waals surface area contributed by atoms with Crippen molar-refractivity contribution in [2.75, 3.05) is 0 Å². The number of benzene rings is 1. The van der Waals surface area contributed by atoms with Gasteiger partial charge in [0.25, 0.3) is 0 Å². The Balaban J connectivity index is 2.81. The summed E-state index contributed by atoms with van der Waals surface area (Å²) in [5.41, 5.74) is 3.28. The van der Waals surface area contributed by atoms with E-state index in [-0.39, 0.29) is 5.41 Å². The first-order chi connectivity index (χ1) is 7.59. The predicted molar refractivity (Wildman–Crippen MR) is 80.9 cm³/mol. The molecule has 0 bridgehead atoms. The number of hydrogen-bond donors (Lipinski definition) is 1. The van der Waals surface area contributed by atoms with Gasteiger partial charge in [-0.2, -0.15) is 12.6 Å². The summed E-state index contributed by atoms with van der Waals surface area (Å²) in [6.07, 6.45) is 1.10. The van der Waals surface area contributed by atoms with Gasteiger partial charge in [-0.25, -0.2) is 0 Å². The normalized spacial score (nSPS) is 14.8. The first-order valence-corrected chi connectivity index (χ1v) is 6.90. The Morgan fingerprint density at radius 1 is 0.941 bits per heavy atom. The van der Waals surface area contributed by atoms with Crippen LogP contribution in [0.1, 0.15) is 64.3 Å². The smallest absolute Gasteiger partial charge is 0.0272 e. The molecule has 0 saturated heterocycles. The molecule has 1 heteroatoms. The van der Waals surface area contributed by atoms with Gasteiger partial charge in [0, 0.05) is 5.25 Å². The highest BCUT2D eigenvalue weighted by molar-refractivity contribution is 7.80. The second kappa shape index (κ2) is 5.06. The summed E-state index contributed by atoms with van der Waals surface area (Å²) < 4.78 is 0. The van der Waals surface area contributed by atoms with Crippen LogP contribution in [0.4, 0.5) is 0 Å². The number of thiol groups is 1. The Morgan fingerprint density at radius 2 is 1.41 bits per heavy atom. The SMILES string of the molecule is CC(C)(C)CC(S)c1ccc(C(C)(C)C)cc1. The van der Waals surface area contributed by atoms with Crippen molar-refractivity contribution in [2.45, 2.75) is 58.6 Å². The maximum absolute atomic E-state index is 4.72. The molecule has 1 unspecified atom stereocenters. The van der Waals surface area contributed by atoms with E-state index in [1.807, 2.05) is 0 Å². The molecule has 96 valence electrons. The van der Waals surface area contributed by atoms with Gasteiger partial charge in [-0.1, -0.05) is 65.8 Å². The fraction of sp³-hybridized carbons (Fsp3) is 0.625. The Kier molecular flexibility index (Phi) is 4.35. The minimum absolute atomic E-state index is 0.231. The lowest BCUT2D eigenvalue weighted by Gasteiger charge is -2.24. The van der Waals surface area contributed by atoms with Crippen LogP contribution in [-0.2, 0) is 5.41 Å². The molecule has 1 rings (SSSR count). The molecule has 0 amide bonds. The highest BCUT2D eigenvalue weighted by atomic mass is 32.1. The Morgan fingerprint density at radius 3 is 1.76 bits per heavy atom. The van der Waals surface area contributed by atoms with Crippen LogP contribution in [0, 0.1) is 5.41 Å². The quantitative estimate of drug-likeness (QED) is 0.668. The number of rotatable bonds is 2. The molecular weight excluding hydrogens is 224 g/mol. The van der Waals surface area contributed by atoms with Crippen LogP contribution in [0.2, 0.25) is 0 Å². The van der Waals surface area contributed by atoms with Gasteiger partial charge >= 0.3 is 0 Å². The van der Waals surface area contributed by atoms with E-state index < -0.39 is 0 Å². The molecule has 0 aliphatic carbocycles. The molecule has 0 N–H and O–H groups in total. The van der Waals surface area contributed by atoms with Crippen molar-refractivity contribution in [1.29, 1.82) is 0 Å². The Labute approximate surface area is 112 Å². The summed E-state index contributed by atoms with van der Waals surface area (Å²) in [6.45, 7) is 13.5. The van der Waals surface area contributed by atoms with E-state index >= 15 is 0 Å². The third kappa shape index (κ3) is 4.75. The van der Waals surface area contributed by atoms with Crippen molar-refractivity contribution < 1.29 is 0 Å². The molecule has 0 aliphatic rings. The van der Waals surface area contributed by atoms with Gasteiger partial charge in [-0.15, -0.1) is 0 Å². The second-order valence-electron chi connectivity index (χ2n) is 7.15. The lowest BCUT2D eigenvalue weighted by molar-refractivity contribution is 0.375. The van der Waals surface area contributed by atoms with Gasteiger partial charge in [-0.05, 0) is 28.4 Å². The van der Waals surface area contributed by atoms with Crippen LogP contribution >= 0.6 is 12.6 Å². The molecule has 0 fully saturated rings. The van der Waals surface area contributed by atoms with Crippen molar-refractivity contribution in [3.05, 3.63) is 35.4 Å². The third-order valence-corrected chi connectivity index (χ3v) is 3.45. The summed E-state index contributed by atoms with van der Waals surface area (Å²) in [6, 6.07) is 8.93. The zero-order valence-corrected chi connectivity index (χ0v) is 12.9. The van der Waals surface area contributed by atoms with Gasteiger partial charge in [0.15, 0.2) is 0 Å². The van der Waals surface area contributed by atoms with Gasteiger partial charge in [0.05, 0.1) is 0 Å². The average molecular weight is 250 g/mol. The molecule has 1 aromatic carbocycles. The van der Waals surface area contributed by atoms with Crippen LogP contribution in [0.5, 0.6) is 0 Å². The van der Waals surface area contributed by atoms with Crippen molar-refractivity contribution in [3.8, 4) is 0 Å². The molecule has 0 spiro atoms. The van der Waals surface area contributed by atoms with Crippen molar-refractivity contribution in [2.24, 2.45) is 5.41 Å². The van der Waals surface area contributed by atoms with Gasteiger partial charge in [-0.3, -0.25) is 0 Å². The average Bonchev–Trinajstić information content (AvgIpc) is 2.14. The first kappa shape index (κ1) is 14.6. The molecule has 0 aromatic heterocycles. The Hall–Kier alpha value is -0.430. The molecule has 0 radical (unpaired) electrons. The third-order valence-electron chi connectivity index (χ3n) is 2.97. The lowest BCUT2D eigenvalue weighted by Crippen LogP contribution is -2.12. The van der Waals surface area contributed by atoms with E-state index in [9.17, 15) is 0 Å². The standard InChI is InChI=1S/C16H26S/c1-15(2,3)11-14(17)12-7-9-13(10-8-12)16(4,5)6/h7-10,14,17H,11H2,1-6H3. The fourth-order valence-corrected chi connectivity index (χ4v) is 2.62. The van der Waals surface area contributed by atoms with Crippen molar-refractivity contribution in [3.63, 3.8) is 0 Å². The molecule has 17 heavy (non-hydrogen) atoms. The van der Waals surface area contributed by atoms with E-state index in [0.717, 1.165) is 6.42 Å². The van der Waals surface area contributed by atoms with Gasteiger partial charge in [0.2, 0.25) is 0 Å². The molecule has 1 atom stereocenters. The summed E-state index contributed by atoms with van der Waals surface area (Å²) in [5.74, 6) is 0. The zero-order valence-electron chi connectivity index (χ0n) is 12.0. The molecular formula is C16H26S. The highest BCUT2D eigenvalue weighted by Gasteiger charge is 2.18. The van der Waals surface area contributed by atoms with E-state index in [2.05, 4.69) is 65.8 Å². The Bertz CT molecular complexity index is 349.